The summed E-state index contributed by atoms with van der Waals surface area (Å²) in [6.07, 6.45) is 23.0. The van der Waals surface area contributed by atoms with E-state index in [1.807, 2.05) is 0 Å². The molecule has 5 aliphatic rings. The molecule has 3 nitrogen and oxygen atoms in total. The average Bonchev–Trinajstić information content (AvgIpc) is 2.80. The van der Waals surface area contributed by atoms with Gasteiger partial charge in [0, 0.05) is 0 Å². The molecule has 0 aromatic carbocycles. The third kappa shape index (κ3) is 3.23. The van der Waals surface area contributed by atoms with E-state index >= 15 is 0 Å². The fourth-order valence-electron chi connectivity index (χ4n) is 9.76. The Morgan fingerprint density at radius 3 is 2.50 bits per heavy atom. The van der Waals surface area contributed by atoms with E-state index in [4.69, 9.17) is 4.74 Å². The number of fused-ring (bicyclic) bond motifs is 7. The van der Waals surface area contributed by atoms with Crippen molar-refractivity contribution in [3.63, 3.8) is 0 Å². The second-order valence-electron chi connectivity index (χ2n) is 12.3. The Morgan fingerprint density at radius 2 is 1.78 bits per heavy atom. The predicted octanol–water partition coefficient (Wildman–Crippen LogP) is 6.16. The first-order valence-corrected chi connectivity index (χ1v) is 13.1. The fourth-order valence-corrected chi connectivity index (χ4v) is 9.76. The van der Waals surface area contributed by atoms with Crippen molar-refractivity contribution in [2.75, 3.05) is 7.11 Å². The van der Waals surface area contributed by atoms with Crippen LogP contribution < -0.4 is 0 Å². The van der Waals surface area contributed by atoms with Gasteiger partial charge in [0.25, 0.3) is 0 Å². The quantitative estimate of drug-likeness (QED) is 0.302. The number of allylic oxidation sites excluding steroid dienone is 2. The smallest absolute Gasteiger partial charge is 0.312 e. The summed E-state index contributed by atoms with van der Waals surface area (Å²) in [6.45, 7) is 7.54. The molecule has 4 fully saturated rings. The van der Waals surface area contributed by atoms with Crippen LogP contribution in [0.3, 0.4) is 0 Å². The number of carbonyl (C=O) groups excluding carboxylic acids is 1. The zero-order chi connectivity index (χ0) is 23.3. The molecule has 0 amide bonds. The summed E-state index contributed by atoms with van der Waals surface area (Å²) in [5, 5.41) is 10.3. The van der Waals surface area contributed by atoms with Gasteiger partial charge in [0.15, 0.2) is 0 Å². The van der Waals surface area contributed by atoms with Gasteiger partial charge in [-0.15, -0.1) is 12.8 Å². The van der Waals surface area contributed by atoms with E-state index in [-0.39, 0.29) is 17.5 Å². The number of terminal acetylenes is 1. The standard InChI is InChI=1S/C27H42O3.C2H2/c1-17-6-5-12-27(24(29)30-4)15-11-21-20(23(17)27)7-8-22-25(2)14-10-19(28)16-18(25)9-13-26(21,22)3;1-2/h7,17-19,21-23,28H,5-6,8-16H2,1-4H3;1-2H/t17-,18?,19-,21?,22?,23?,25?,26?,27-;/m0./s1. The summed E-state index contributed by atoms with van der Waals surface area (Å²) >= 11 is 0. The van der Waals surface area contributed by atoms with Crippen molar-refractivity contribution in [3.8, 4) is 12.8 Å². The number of rotatable bonds is 1. The van der Waals surface area contributed by atoms with E-state index in [1.165, 1.54) is 32.1 Å². The molecule has 0 bridgehead atoms. The van der Waals surface area contributed by atoms with Gasteiger partial charge >= 0.3 is 5.97 Å². The van der Waals surface area contributed by atoms with Gasteiger partial charge in [0.2, 0.25) is 0 Å². The van der Waals surface area contributed by atoms with Crippen LogP contribution in [0.25, 0.3) is 0 Å². The van der Waals surface area contributed by atoms with Crippen molar-refractivity contribution < 1.29 is 14.6 Å². The highest BCUT2D eigenvalue weighted by Gasteiger charge is 2.63. The fraction of sp³-hybridized carbons (Fsp3) is 0.828. The van der Waals surface area contributed by atoms with Crippen LogP contribution in [0.5, 0.6) is 0 Å². The summed E-state index contributed by atoms with van der Waals surface area (Å²) < 4.78 is 5.42. The van der Waals surface area contributed by atoms with Crippen molar-refractivity contribution in [3.05, 3.63) is 11.6 Å². The molecule has 4 saturated carbocycles. The van der Waals surface area contributed by atoms with Gasteiger partial charge in [-0.05, 0) is 98.2 Å². The maximum atomic E-state index is 13.1. The number of hydrogen-bond acceptors (Lipinski definition) is 3. The predicted molar refractivity (Wildman–Crippen MR) is 129 cm³/mol. The molecule has 178 valence electrons. The lowest BCUT2D eigenvalue weighted by molar-refractivity contribution is -0.168. The first kappa shape index (κ1) is 23.9. The molecule has 0 aromatic heterocycles. The maximum Gasteiger partial charge on any atom is 0.312 e. The molecule has 0 aliphatic heterocycles. The molecular formula is C29H44O3. The molecule has 9 atom stereocenters. The molecule has 1 N–H and O–H groups in total. The van der Waals surface area contributed by atoms with Crippen LogP contribution >= 0.6 is 0 Å². The Balaban J connectivity index is 0.00000119. The van der Waals surface area contributed by atoms with Crippen molar-refractivity contribution >= 4 is 5.97 Å². The highest BCUT2D eigenvalue weighted by Crippen LogP contribution is 2.70. The number of carbonyl (C=O) groups is 1. The van der Waals surface area contributed by atoms with E-state index in [1.54, 1.807) is 12.7 Å². The maximum absolute atomic E-state index is 13.1. The lowest BCUT2D eigenvalue weighted by atomic mass is 9.39. The summed E-state index contributed by atoms with van der Waals surface area (Å²) in [7, 11) is 1.59. The van der Waals surface area contributed by atoms with Crippen molar-refractivity contribution in [2.45, 2.75) is 97.5 Å². The molecule has 6 unspecified atom stereocenters. The zero-order valence-corrected chi connectivity index (χ0v) is 20.7. The van der Waals surface area contributed by atoms with Gasteiger partial charge in [-0.3, -0.25) is 4.79 Å². The SMILES string of the molecule is C#C.COC(=O)[C@]12CCC[C@H](C)C1C1=CCC3C4(C)CC[C@H](O)CC4CCC3(C)C1CC2. The Labute approximate surface area is 195 Å². The third-order valence-corrected chi connectivity index (χ3v) is 11.2. The molecule has 5 rings (SSSR count). The summed E-state index contributed by atoms with van der Waals surface area (Å²) in [4.78, 5) is 13.1. The molecule has 3 heteroatoms. The highest BCUT2D eigenvalue weighted by molar-refractivity contribution is 5.78. The van der Waals surface area contributed by atoms with E-state index in [9.17, 15) is 9.90 Å². The van der Waals surface area contributed by atoms with Gasteiger partial charge in [0.05, 0.1) is 18.6 Å². The van der Waals surface area contributed by atoms with E-state index in [0.717, 1.165) is 44.4 Å². The van der Waals surface area contributed by atoms with E-state index in [2.05, 4.69) is 39.7 Å². The number of esters is 1. The number of hydrogen-bond donors (Lipinski definition) is 1. The van der Waals surface area contributed by atoms with Gasteiger partial charge in [0.1, 0.15) is 0 Å². The van der Waals surface area contributed by atoms with Gasteiger partial charge < -0.3 is 9.84 Å². The Bertz CT molecular complexity index is 783. The van der Waals surface area contributed by atoms with Crippen LogP contribution in [0.1, 0.15) is 91.4 Å². The first-order chi connectivity index (χ1) is 15.3. The van der Waals surface area contributed by atoms with Crippen LogP contribution in [-0.2, 0) is 9.53 Å². The first-order valence-electron chi connectivity index (χ1n) is 13.1. The van der Waals surface area contributed by atoms with Crippen molar-refractivity contribution in [1.82, 2.24) is 0 Å². The van der Waals surface area contributed by atoms with Crippen LogP contribution in [0.15, 0.2) is 11.6 Å². The van der Waals surface area contributed by atoms with Crippen LogP contribution in [0, 0.1) is 58.7 Å². The lowest BCUT2D eigenvalue weighted by Crippen LogP contribution is -2.59. The molecule has 0 spiro atoms. The summed E-state index contributed by atoms with van der Waals surface area (Å²) in [5.41, 5.74) is 2.07. The van der Waals surface area contributed by atoms with Crippen LogP contribution in [-0.4, -0.2) is 24.3 Å². The number of aliphatic hydroxyl groups is 1. The van der Waals surface area contributed by atoms with E-state index in [0.29, 0.717) is 34.5 Å². The summed E-state index contributed by atoms with van der Waals surface area (Å²) in [5.74, 6) is 3.04. The molecule has 32 heavy (non-hydrogen) atoms. The van der Waals surface area contributed by atoms with Crippen molar-refractivity contribution in [1.29, 1.82) is 0 Å². The van der Waals surface area contributed by atoms with Crippen molar-refractivity contribution in [2.24, 2.45) is 45.8 Å². The molecule has 0 heterocycles. The highest BCUT2D eigenvalue weighted by atomic mass is 16.5. The van der Waals surface area contributed by atoms with Gasteiger partial charge in [-0.2, -0.15) is 0 Å². The molecule has 0 aromatic rings. The second kappa shape index (κ2) is 8.50. The third-order valence-electron chi connectivity index (χ3n) is 11.2. The zero-order valence-electron chi connectivity index (χ0n) is 20.7. The number of aliphatic hydroxyl groups excluding tert-OH is 1. The summed E-state index contributed by atoms with van der Waals surface area (Å²) in [6, 6.07) is 0. The van der Waals surface area contributed by atoms with Crippen LogP contribution in [0.4, 0.5) is 0 Å². The van der Waals surface area contributed by atoms with E-state index < -0.39 is 0 Å². The second-order valence-corrected chi connectivity index (χ2v) is 12.3. The van der Waals surface area contributed by atoms with Gasteiger partial charge in [-0.25, -0.2) is 0 Å². The largest absolute Gasteiger partial charge is 0.469 e. The molecule has 0 radical (unpaired) electrons. The minimum atomic E-state index is -0.270. The normalized spacial score (nSPS) is 49.5. The Morgan fingerprint density at radius 1 is 1.06 bits per heavy atom. The lowest BCUT2D eigenvalue weighted by Gasteiger charge is -2.65. The van der Waals surface area contributed by atoms with Crippen LogP contribution in [0.2, 0.25) is 0 Å². The monoisotopic (exact) mass is 440 g/mol. The minimum absolute atomic E-state index is 0.0580. The Kier molecular flexibility index (Phi) is 6.34. The topological polar surface area (TPSA) is 46.5 Å². The minimum Gasteiger partial charge on any atom is -0.469 e. The number of methoxy groups -OCH3 is 1. The number of ether oxygens (including phenoxy) is 1. The van der Waals surface area contributed by atoms with Gasteiger partial charge in [-0.1, -0.05) is 45.3 Å². The average molecular weight is 441 g/mol. The molecular weight excluding hydrogens is 396 g/mol. The molecule has 5 aliphatic carbocycles. The molecule has 0 saturated heterocycles. The Hall–Kier alpha value is -1.27.